The van der Waals surface area contributed by atoms with Gasteiger partial charge in [-0.3, -0.25) is 10.1 Å². The zero-order valence-corrected chi connectivity index (χ0v) is 10.3. The van der Waals surface area contributed by atoms with Gasteiger partial charge in [0.25, 0.3) is 0 Å². The molecule has 100 valence electrons. The molecular formula is C11H11FN4O3. The number of benzene rings is 1. The zero-order valence-electron chi connectivity index (χ0n) is 10.3. The molecule has 0 fully saturated rings. The van der Waals surface area contributed by atoms with E-state index in [9.17, 15) is 14.5 Å². The summed E-state index contributed by atoms with van der Waals surface area (Å²) in [5.74, 6) is 0.448. The maximum Gasteiger partial charge on any atom is 0.311 e. The van der Waals surface area contributed by atoms with Crippen molar-refractivity contribution in [2.75, 3.05) is 0 Å². The van der Waals surface area contributed by atoms with Crippen LogP contribution in [-0.4, -0.2) is 19.7 Å². The van der Waals surface area contributed by atoms with Crippen LogP contribution >= 0.6 is 0 Å². The molecule has 1 heterocycles. The number of ether oxygens (including phenoxy) is 1. The van der Waals surface area contributed by atoms with Crippen molar-refractivity contribution in [2.24, 2.45) is 7.05 Å². The molecule has 0 aliphatic carbocycles. The molecule has 8 heteroatoms. The van der Waals surface area contributed by atoms with Crippen molar-refractivity contribution in [1.82, 2.24) is 14.8 Å². The Labute approximate surface area is 107 Å². The fourth-order valence-corrected chi connectivity index (χ4v) is 1.47. The molecule has 0 atom stereocenters. The Morgan fingerprint density at radius 1 is 1.47 bits per heavy atom. The highest BCUT2D eigenvalue weighted by Gasteiger charge is 2.17. The lowest BCUT2D eigenvalue weighted by Crippen LogP contribution is -2.05. The maximum absolute atomic E-state index is 13.1. The molecular weight excluding hydrogens is 255 g/mol. The molecule has 0 N–H and O–H groups in total. The van der Waals surface area contributed by atoms with E-state index in [2.05, 4.69) is 10.2 Å². The molecule has 1 aromatic heterocycles. The van der Waals surface area contributed by atoms with Crippen LogP contribution in [0.15, 0.2) is 18.2 Å². The molecule has 0 amide bonds. The number of nitro benzene ring substituents is 1. The van der Waals surface area contributed by atoms with Crippen molar-refractivity contribution in [2.45, 2.75) is 13.5 Å². The third-order valence-corrected chi connectivity index (χ3v) is 2.66. The summed E-state index contributed by atoms with van der Waals surface area (Å²) < 4.78 is 20.0. The van der Waals surface area contributed by atoms with Crippen LogP contribution < -0.4 is 4.74 Å². The van der Waals surface area contributed by atoms with Gasteiger partial charge in [-0.2, -0.15) is 0 Å². The number of rotatable bonds is 4. The Hall–Kier alpha value is -2.51. The lowest BCUT2D eigenvalue weighted by atomic mass is 10.3. The highest BCUT2D eigenvalue weighted by Crippen LogP contribution is 2.28. The molecule has 0 aliphatic heterocycles. The quantitative estimate of drug-likeness (QED) is 0.621. The van der Waals surface area contributed by atoms with Crippen molar-refractivity contribution < 1.29 is 14.1 Å². The molecule has 2 rings (SSSR count). The van der Waals surface area contributed by atoms with Crippen LogP contribution in [0.4, 0.5) is 10.1 Å². The Balaban J connectivity index is 2.21. The topological polar surface area (TPSA) is 83.1 Å². The van der Waals surface area contributed by atoms with Crippen molar-refractivity contribution in [3.05, 3.63) is 45.8 Å². The zero-order chi connectivity index (χ0) is 14.0. The van der Waals surface area contributed by atoms with Gasteiger partial charge in [0.15, 0.2) is 11.6 Å². The standard InChI is InChI=1S/C11H11FN4O3/c1-7-13-14-11(15(7)2)6-19-10-5-8(12)3-4-9(10)16(17)18/h3-5H,6H2,1-2H3. The number of aromatic nitrogens is 3. The van der Waals surface area contributed by atoms with Gasteiger partial charge in [0, 0.05) is 19.2 Å². The lowest BCUT2D eigenvalue weighted by molar-refractivity contribution is -0.386. The van der Waals surface area contributed by atoms with E-state index in [1.54, 1.807) is 18.5 Å². The van der Waals surface area contributed by atoms with E-state index in [-0.39, 0.29) is 18.0 Å². The lowest BCUT2D eigenvalue weighted by Gasteiger charge is -2.06. The Bertz CT molecular complexity index is 626. The van der Waals surface area contributed by atoms with Gasteiger partial charge in [0.05, 0.1) is 4.92 Å². The smallest absolute Gasteiger partial charge is 0.311 e. The highest BCUT2D eigenvalue weighted by atomic mass is 19.1. The summed E-state index contributed by atoms with van der Waals surface area (Å²) in [4.78, 5) is 10.2. The van der Waals surface area contributed by atoms with E-state index in [1.165, 1.54) is 0 Å². The number of aryl methyl sites for hydroxylation is 1. The second-order valence-electron chi connectivity index (χ2n) is 3.88. The SMILES string of the molecule is Cc1nnc(COc2cc(F)ccc2[N+](=O)[O-])n1C. The number of nitro groups is 1. The van der Waals surface area contributed by atoms with Crippen LogP contribution in [-0.2, 0) is 13.7 Å². The summed E-state index contributed by atoms with van der Waals surface area (Å²) in [5.41, 5.74) is -0.291. The summed E-state index contributed by atoms with van der Waals surface area (Å²) >= 11 is 0. The Kier molecular flexibility index (Phi) is 3.41. The summed E-state index contributed by atoms with van der Waals surface area (Å²) in [6, 6.07) is 3.05. The minimum absolute atomic E-state index is 0.0262. The normalized spacial score (nSPS) is 10.5. The number of hydrogen-bond acceptors (Lipinski definition) is 5. The highest BCUT2D eigenvalue weighted by molar-refractivity contribution is 5.46. The first-order valence-corrected chi connectivity index (χ1v) is 5.40. The van der Waals surface area contributed by atoms with E-state index in [0.29, 0.717) is 11.6 Å². The van der Waals surface area contributed by atoms with Gasteiger partial charge in [0.1, 0.15) is 18.2 Å². The van der Waals surface area contributed by atoms with Crippen LogP contribution in [0.1, 0.15) is 11.6 Å². The van der Waals surface area contributed by atoms with Gasteiger partial charge >= 0.3 is 5.69 Å². The summed E-state index contributed by atoms with van der Waals surface area (Å²) in [6.07, 6.45) is 0. The molecule has 2 aromatic rings. The molecule has 19 heavy (non-hydrogen) atoms. The summed E-state index contributed by atoms with van der Waals surface area (Å²) in [6.45, 7) is 1.74. The molecule has 0 saturated carbocycles. The fourth-order valence-electron chi connectivity index (χ4n) is 1.47. The third kappa shape index (κ3) is 2.67. The Morgan fingerprint density at radius 2 is 2.21 bits per heavy atom. The monoisotopic (exact) mass is 266 g/mol. The van der Waals surface area contributed by atoms with Crippen molar-refractivity contribution in [3.63, 3.8) is 0 Å². The maximum atomic E-state index is 13.1. The van der Waals surface area contributed by atoms with Crippen LogP contribution in [0.25, 0.3) is 0 Å². The van der Waals surface area contributed by atoms with Gasteiger partial charge in [-0.15, -0.1) is 10.2 Å². The first kappa shape index (κ1) is 12.9. The molecule has 0 aliphatic rings. The van der Waals surface area contributed by atoms with Crippen LogP contribution in [0.2, 0.25) is 0 Å². The third-order valence-electron chi connectivity index (χ3n) is 2.66. The molecule has 7 nitrogen and oxygen atoms in total. The first-order valence-electron chi connectivity index (χ1n) is 5.40. The molecule has 0 spiro atoms. The fraction of sp³-hybridized carbons (Fsp3) is 0.273. The molecule has 0 radical (unpaired) electrons. The van der Waals surface area contributed by atoms with Crippen molar-refractivity contribution >= 4 is 5.69 Å². The Morgan fingerprint density at radius 3 is 2.79 bits per heavy atom. The predicted octanol–water partition coefficient (Wildman–Crippen LogP) is 1.75. The molecule has 0 bridgehead atoms. The average molecular weight is 266 g/mol. The summed E-state index contributed by atoms with van der Waals surface area (Å²) in [5, 5.41) is 18.5. The second-order valence-corrected chi connectivity index (χ2v) is 3.88. The van der Waals surface area contributed by atoms with E-state index in [4.69, 9.17) is 4.74 Å². The number of halogens is 1. The van der Waals surface area contributed by atoms with E-state index < -0.39 is 10.7 Å². The van der Waals surface area contributed by atoms with Crippen LogP contribution in [0.5, 0.6) is 5.75 Å². The number of nitrogens with zero attached hydrogens (tertiary/aromatic N) is 4. The largest absolute Gasteiger partial charge is 0.478 e. The van der Waals surface area contributed by atoms with Gasteiger partial charge in [-0.25, -0.2) is 4.39 Å². The molecule has 0 saturated heterocycles. The van der Waals surface area contributed by atoms with Gasteiger partial charge in [0.2, 0.25) is 0 Å². The molecule has 0 unspecified atom stereocenters. The second kappa shape index (κ2) is 5.01. The average Bonchev–Trinajstić information content (AvgIpc) is 2.67. The van der Waals surface area contributed by atoms with E-state index in [0.717, 1.165) is 18.2 Å². The molecule has 1 aromatic carbocycles. The van der Waals surface area contributed by atoms with Crippen molar-refractivity contribution in [1.29, 1.82) is 0 Å². The van der Waals surface area contributed by atoms with Gasteiger partial charge in [-0.1, -0.05) is 0 Å². The first-order chi connectivity index (χ1) is 8.99. The number of hydrogen-bond donors (Lipinski definition) is 0. The van der Waals surface area contributed by atoms with Gasteiger partial charge in [-0.05, 0) is 13.0 Å². The minimum Gasteiger partial charge on any atom is -0.478 e. The minimum atomic E-state index is -0.628. The predicted molar refractivity (Wildman–Crippen MR) is 63.1 cm³/mol. The van der Waals surface area contributed by atoms with Crippen LogP contribution in [0.3, 0.4) is 0 Å². The van der Waals surface area contributed by atoms with Crippen LogP contribution in [0, 0.1) is 22.9 Å². The summed E-state index contributed by atoms with van der Waals surface area (Å²) in [7, 11) is 1.74. The van der Waals surface area contributed by atoms with E-state index in [1.807, 2.05) is 0 Å². The van der Waals surface area contributed by atoms with Crippen molar-refractivity contribution in [3.8, 4) is 5.75 Å². The van der Waals surface area contributed by atoms with Gasteiger partial charge < -0.3 is 9.30 Å². The van der Waals surface area contributed by atoms with E-state index >= 15 is 0 Å².